The normalized spacial score (nSPS) is 16.2. The molecule has 0 saturated carbocycles. The molecule has 0 amide bonds. The average Bonchev–Trinajstić information content (AvgIpc) is 1.62. The van der Waals surface area contributed by atoms with E-state index in [0.717, 1.165) is 0 Å². The molecule has 4 nitrogen and oxygen atoms in total. The Kier molecular flexibility index (Phi) is 3.12. The second-order valence-electron chi connectivity index (χ2n) is 1.86. The average molecular weight is 174 g/mol. The summed E-state index contributed by atoms with van der Waals surface area (Å²) in [6.07, 6.45) is 0. The van der Waals surface area contributed by atoms with E-state index < -0.39 is 12.8 Å². The van der Waals surface area contributed by atoms with Gasteiger partial charge in [0.2, 0.25) is 0 Å². The summed E-state index contributed by atoms with van der Waals surface area (Å²) in [5.41, 5.74) is 0. The fourth-order valence-electron chi connectivity index (χ4n) is 0.301. The summed E-state index contributed by atoms with van der Waals surface area (Å²) in [4.78, 5) is 18.0. The van der Waals surface area contributed by atoms with E-state index in [4.69, 9.17) is 21.4 Å². The molecule has 6 heteroatoms. The van der Waals surface area contributed by atoms with Crippen LogP contribution < -0.4 is 0 Å². The molecule has 0 radical (unpaired) electrons. The Balaban J connectivity index is 4.05. The van der Waals surface area contributed by atoms with Crippen molar-refractivity contribution in [2.75, 3.05) is 14.1 Å². The minimum absolute atomic E-state index is 1.21. The SMILES string of the molecule is CN(C)[C@@H](Cl)P(=O)(O)O. The van der Waals surface area contributed by atoms with Crippen LogP contribution in [0.15, 0.2) is 0 Å². The maximum absolute atomic E-state index is 10.3. The first-order valence-corrected chi connectivity index (χ1v) is 4.33. The summed E-state index contributed by atoms with van der Waals surface area (Å²) >= 11 is 5.25. The molecule has 0 unspecified atom stereocenters. The molecule has 0 aliphatic rings. The Morgan fingerprint density at radius 2 is 1.89 bits per heavy atom. The first-order chi connectivity index (χ1) is 3.85. The summed E-state index contributed by atoms with van der Waals surface area (Å²) in [5.74, 6) is 0. The number of hydrogen-bond donors (Lipinski definition) is 2. The quantitative estimate of drug-likeness (QED) is 0.357. The van der Waals surface area contributed by atoms with Crippen LogP contribution in [-0.2, 0) is 4.57 Å². The first-order valence-electron chi connectivity index (χ1n) is 2.21. The van der Waals surface area contributed by atoms with E-state index >= 15 is 0 Å². The molecular formula is C3H9ClNO3P. The molecule has 0 heterocycles. The lowest BCUT2D eigenvalue weighted by molar-refractivity contribution is 0.322. The highest BCUT2D eigenvalue weighted by molar-refractivity contribution is 7.54. The van der Waals surface area contributed by atoms with E-state index in [-0.39, 0.29) is 0 Å². The topological polar surface area (TPSA) is 60.8 Å². The molecule has 56 valence electrons. The van der Waals surface area contributed by atoms with Crippen LogP contribution in [-0.4, -0.2) is 34.0 Å². The van der Waals surface area contributed by atoms with Crippen LogP contribution in [0.5, 0.6) is 0 Å². The lowest BCUT2D eigenvalue weighted by atomic mass is 11.0. The Morgan fingerprint density at radius 1 is 1.56 bits per heavy atom. The van der Waals surface area contributed by atoms with Crippen molar-refractivity contribution in [1.82, 2.24) is 4.90 Å². The van der Waals surface area contributed by atoms with Gasteiger partial charge in [-0.05, 0) is 14.1 Å². The van der Waals surface area contributed by atoms with Crippen LogP contribution >= 0.6 is 19.2 Å². The van der Waals surface area contributed by atoms with Crippen molar-refractivity contribution in [1.29, 1.82) is 0 Å². The van der Waals surface area contributed by atoms with Crippen molar-refractivity contribution in [2.45, 2.75) is 5.24 Å². The second-order valence-corrected chi connectivity index (χ2v) is 4.25. The smallest absolute Gasteiger partial charge is 0.322 e. The molecule has 0 aliphatic heterocycles. The van der Waals surface area contributed by atoms with Gasteiger partial charge in [-0.15, -0.1) is 0 Å². The van der Waals surface area contributed by atoms with Crippen LogP contribution in [0, 0.1) is 0 Å². The zero-order valence-electron chi connectivity index (χ0n) is 5.15. The van der Waals surface area contributed by atoms with Gasteiger partial charge in [-0.1, -0.05) is 11.6 Å². The van der Waals surface area contributed by atoms with Crippen LogP contribution in [0.1, 0.15) is 0 Å². The Labute approximate surface area is 58.6 Å². The van der Waals surface area contributed by atoms with Gasteiger partial charge >= 0.3 is 7.60 Å². The third-order valence-electron chi connectivity index (χ3n) is 0.704. The molecule has 0 bridgehead atoms. The molecule has 0 aliphatic carbocycles. The lowest BCUT2D eigenvalue weighted by Gasteiger charge is -2.17. The Morgan fingerprint density at radius 3 is 1.89 bits per heavy atom. The summed E-state index contributed by atoms with van der Waals surface area (Å²) in [5, 5.41) is -1.21. The minimum Gasteiger partial charge on any atom is -0.322 e. The number of hydrogen-bond acceptors (Lipinski definition) is 2. The van der Waals surface area contributed by atoms with Gasteiger partial charge in [-0.2, -0.15) is 0 Å². The Hall–Kier alpha value is 0.400. The first kappa shape index (κ1) is 9.40. The van der Waals surface area contributed by atoms with E-state index in [0.29, 0.717) is 0 Å². The van der Waals surface area contributed by atoms with Gasteiger partial charge in [0.05, 0.1) is 0 Å². The van der Waals surface area contributed by atoms with Crippen molar-refractivity contribution in [3.8, 4) is 0 Å². The molecule has 0 aromatic carbocycles. The molecule has 0 rings (SSSR count). The zero-order chi connectivity index (χ0) is 7.65. The molecule has 0 fully saturated rings. The third-order valence-corrected chi connectivity index (χ3v) is 2.87. The van der Waals surface area contributed by atoms with E-state index in [9.17, 15) is 4.57 Å². The van der Waals surface area contributed by atoms with E-state index in [1.54, 1.807) is 0 Å². The van der Waals surface area contributed by atoms with Crippen molar-refractivity contribution in [2.24, 2.45) is 0 Å². The summed E-state index contributed by atoms with van der Waals surface area (Å²) in [6, 6.07) is 0. The lowest BCUT2D eigenvalue weighted by Crippen LogP contribution is -2.21. The number of alkyl halides is 1. The predicted molar refractivity (Wildman–Crippen MR) is 35.4 cm³/mol. The summed E-state index contributed by atoms with van der Waals surface area (Å²) < 4.78 is 10.3. The number of rotatable bonds is 2. The maximum Gasteiger partial charge on any atom is 0.357 e. The largest absolute Gasteiger partial charge is 0.357 e. The monoisotopic (exact) mass is 173 g/mol. The van der Waals surface area contributed by atoms with Crippen molar-refractivity contribution in [3.05, 3.63) is 0 Å². The predicted octanol–water partition coefficient (Wildman–Crippen LogP) is 0.248. The number of nitrogens with zero attached hydrogens (tertiary/aromatic N) is 1. The fraction of sp³-hybridized carbons (Fsp3) is 1.00. The highest BCUT2D eigenvalue weighted by Gasteiger charge is 2.27. The van der Waals surface area contributed by atoms with Crippen molar-refractivity contribution in [3.63, 3.8) is 0 Å². The van der Waals surface area contributed by atoms with E-state index in [1.165, 1.54) is 19.0 Å². The van der Waals surface area contributed by atoms with Crippen LogP contribution in [0.2, 0.25) is 0 Å². The third kappa shape index (κ3) is 3.18. The standard InChI is InChI=1S/C3H9ClNO3P/c1-5(2)3(4)9(6,7)8/h3H,1-2H3,(H2,6,7,8)/t3-/m1/s1. The minimum atomic E-state index is -4.12. The molecule has 9 heavy (non-hydrogen) atoms. The maximum atomic E-state index is 10.3. The number of halogens is 1. The van der Waals surface area contributed by atoms with Crippen LogP contribution in [0.4, 0.5) is 0 Å². The molecule has 0 aromatic heterocycles. The second kappa shape index (κ2) is 2.99. The van der Waals surface area contributed by atoms with Gasteiger partial charge in [-0.3, -0.25) is 9.46 Å². The highest BCUT2D eigenvalue weighted by atomic mass is 35.5. The molecule has 2 N–H and O–H groups in total. The van der Waals surface area contributed by atoms with Gasteiger partial charge in [-0.25, -0.2) is 0 Å². The van der Waals surface area contributed by atoms with Gasteiger partial charge in [0.1, 0.15) is 0 Å². The molecule has 0 aromatic rings. The molecule has 0 saturated heterocycles. The zero-order valence-corrected chi connectivity index (χ0v) is 6.80. The molecule has 1 atom stereocenters. The summed E-state index contributed by atoms with van der Waals surface area (Å²) in [6.45, 7) is 0. The molecular weight excluding hydrogens is 164 g/mol. The highest BCUT2D eigenvalue weighted by Crippen LogP contribution is 2.44. The summed E-state index contributed by atoms with van der Waals surface area (Å²) in [7, 11) is -1.13. The van der Waals surface area contributed by atoms with E-state index in [1.807, 2.05) is 0 Å². The van der Waals surface area contributed by atoms with Crippen LogP contribution in [0.3, 0.4) is 0 Å². The Bertz CT molecular complexity index is 133. The molecule has 0 spiro atoms. The fourth-order valence-corrected chi connectivity index (χ4v) is 0.903. The van der Waals surface area contributed by atoms with Gasteiger partial charge < -0.3 is 9.79 Å². The van der Waals surface area contributed by atoms with Crippen molar-refractivity contribution < 1.29 is 14.4 Å². The van der Waals surface area contributed by atoms with E-state index in [2.05, 4.69) is 0 Å². The van der Waals surface area contributed by atoms with Gasteiger partial charge in [0.25, 0.3) is 0 Å². The van der Waals surface area contributed by atoms with Gasteiger partial charge in [0.15, 0.2) is 5.24 Å². The van der Waals surface area contributed by atoms with Crippen LogP contribution in [0.25, 0.3) is 0 Å². The van der Waals surface area contributed by atoms with Crippen molar-refractivity contribution >= 4 is 19.2 Å². The van der Waals surface area contributed by atoms with Gasteiger partial charge in [0, 0.05) is 0 Å².